The zero-order chi connectivity index (χ0) is 12.0. The predicted octanol–water partition coefficient (Wildman–Crippen LogP) is 0.453. The van der Waals surface area contributed by atoms with Crippen molar-refractivity contribution >= 4 is 21.6 Å². The molecule has 0 saturated carbocycles. The summed E-state index contributed by atoms with van der Waals surface area (Å²) in [5.74, 6) is -0.320. The van der Waals surface area contributed by atoms with E-state index in [2.05, 4.69) is 10.3 Å². The fourth-order valence-corrected chi connectivity index (χ4v) is 1.15. The first kappa shape index (κ1) is 12.7. The van der Waals surface area contributed by atoms with Gasteiger partial charge in [0.1, 0.15) is 0 Å². The second kappa shape index (κ2) is 6.30. The summed E-state index contributed by atoms with van der Waals surface area (Å²) in [7, 11) is 10.6. The van der Waals surface area contributed by atoms with Gasteiger partial charge in [-0.15, -0.1) is 0 Å². The third-order valence-corrected chi connectivity index (χ3v) is 2.04. The Bertz CT molecular complexity index is 335. The van der Waals surface area contributed by atoms with Crippen molar-refractivity contribution in [1.29, 1.82) is 0 Å². The first-order valence-corrected chi connectivity index (χ1v) is 4.99. The van der Waals surface area contributed by atoms with E-state index >= 15 is 0 Å². The standard InChI is InChI=1S/C6H4B2FN.C4H7NO/c7-6(8)4-1-2-5(9)10-3-4;6-4-2-1-3-5-4/h1-3,6H;1-3H2,(H,5,6). The second-order valence-electron chi connectivity index (χ2n) is 3.39. The Morgan fingerprint density at radius 3 is 2.50 bits per heavy atom. The van der Waals surface area contributed by atoms with E-state index in [0.717, 1.165) is 19.4 Å². The molecule has 1 N–H and O–H groups in total. The fourth-order valence-electron chi connectivity index (χ4n) is 1.15. The third-order valence-electron chi connectivity index (χ3n) is 2.04. The summed E-state index contributed by atoms with van der Waals surface area (Å²) in [6.07, 6.45) is 3.08. The third kappa shape index (κ3) is 4.47. The Morgan fingerprint density at radius 2 is 2.19 bits per heavy atom. The Morgan fingerprint density at radius 1 is 1.44 bits per heavy atom. The van der Waals surface area contributed by atoms with E-state index in [0.29, 0.717) is 5.56 Å². The molecular weight excluding hydrogens is 205 g/mol. The molecule has 0 spiro atoms. The van der Waals surface area contributed by atoms with Gasteiger partial charge >= 0.3 is 0 Å². The monoisotopic (exact) mass is 216 g/mol. The van der Waals surface area contributed by atoms with Gasteiger partial charge in [0.05, 0.1) is 15.7 Å². The van der Waals surface area contributed by atoms with E-state index in [1.54, 1.807) is 0 Å². The van der Waals surface area contributed by atoms with E-state index in [4.69, 9.17) is 15.7 Å². The topological polar surface area (TPSA) is 42.0 Å². The van der Waals surface area contributed by atoms with Gasteiger partial charge in [-0.3, -0.25) is 4.79 Å². The average Bonchev–Trinajstić information content (AvgIpc) is 2.71. The quantitative estimate of drug-likeness (QED) is 0.546. The van der Waals surface area contributed by atoms with E-state index in [1.807, 2.05) is 0 Å². The molecule has 0 aliphatic carbocycles. The van der Waals surface area contributed by atoms with E-state index < -0.39 is 11.7 Å². The number of amides is 1. The van der Waals surface area contributed by atoms with Crippen molar-refractivity contribution in [3.8, 4) is 0 Å². The minimum atomic E-state index is -0.576. The summed E-state index contributed by atoms with van der Waals surface area (Å²) in [5, 5.41) is 2.68. The van der Waals surface area contributed by atoms with Gasteiger partial charge in [0.25, 0.3) is 0 Å². The maximum atomic E-state index is 12.2. The van der Waals surface area contributed by atoms with E-state index in [-0.39, 0.29) is 5.91 Å². The lowest BCUT2D eigenvalue weighted by atomic mass is 9.67. The smallest absolute Gasteiger partial charge is 0.220 e. The highest BCUT2D eigenvalue weighted by molar-refractivity contribution is 6.35. The van der Waals surface area contributed by atoms with Gasteiger partial charge in [0, 0.05) is 19.2 Å². The number of hydrogen-bond donors (Lipinski definition) is 1. The van der Waals surface area contributed by atoms with Crippen LogP contribution in [0.3, 0.4) is 0 Å². The zero-order valence-electron chi connectivity index (χ0n) is 8.82. The van der Waals surface area contributed by atoms with E-state index in [1.165, 1.54) is 18.3 Å². The van der Waals surface area contributed by atoms with Gasteiger partial charge in [-0.1, -0.05) is 11.8 Å². The highest BCUT2D eigenvalue weighted by atomic mass is 19.1. The molecule has 1 aliphatic heterocycles. The van der Waals surface area contributed by atoms with Crippen LogP contribution in [-0.4, -0.2) is 33.1 Å². The van der Waals surface area contributed by atoms with Crippen LogP contribution in [0.2, 0.25) is 0 Å². The molecule has 1 fully saturated rings. The van der Waals surface area contributed by atoms with Crippen molar-refractivity contribution in [2.75, 3.05) is 6.54 Å². The van der Waals surface area contributed by atoms with Crippen LogP contribution >= 0.6 is 0 Å². The number of aromatic nitrogens is 1. The molecule has 0 bridgehead atoms. The largest absolute Gasteiger partial charge is 0.356 e. The average molecular weight is 216 g/mol. The maximum absolute atomic E-state index is 12.2. The van der Waals surface area contributed by atoms with Gasteiger partial charge in [-0.25, -0.2) is 4.98 Å². The number of pyridine rings is 1. The highest BCUT2D eigenvalue weighted by Crippen LogP contribution is 2.05. The molecule has 16 heavy (non-hydrogen) atoms. The first-order valence-electron chi connectivity index (χ1n) is 4.99. The van der Waals surface area contributed by atoms with Crippen LogP contribution in [0.4, 0.5) is 4.39 Å². The molecule has 1 amide bonds. The molecule has 6 heteroatoms. The van der Waals surface area contributed by atoms with Crippen LogP contribution in [0.25, 0.3) is 0 Å². The molecule has 0 unspecified atom stereocenters. The van der Waals surface area contributed by atoms with Crippen molar-refractivity contribution < 1.29 is 9.18 Å². The number of nitrogens with zero attached hydrogens (tertiary/aromatic N) is 1. The molecule has 0 atom stereocenters. The van der Waals surface area contributed by atoms with Gasteiger partial charge < -0.3 is 5.32 Å². The number of rotatable bonds is 1. The number of carbonyl (C=O) groups excluding carboxylic acids is 1. The number of halogens is 1. The lowest BCUT2D eigenvalue weighted by Crippen LogP contribution is -2.12. The Balaban J connectivity index is 0.000000181. The highest BCUT2D eigenvalue weighted by Gasteiger charge is 2.05. The Kier molecular flexibility index (Phi) is 5.02. The number of carbonyl (C=O) groups is 1. The zero-order valence-corrected chi connectivity index (χ0v) is 8.82. The second-order valence-corrected chi connectivity index (χ2v) is 3.39. The summed E-state index contributed by atoms with van der Waals surface area (Å²) in [5.41, 5.74) is 0.0505. The van der Waals surface area contributed by atoms with Crippen LogP contribution in [0.15, 0.2) is 18.3 Å². The summed E-state index contributed by atoms with van der Waals surface area (Å²) in [4.78, 5) is 13.5. The van der Waals surface area contributed by atoms with Gasteiger partial charge in [0.15, 0.2) is 0 Å². The molecule has 4 radical (unpaired) electrons. The number of hydrogen-bond acceptors (Lipinski definition) is 2. The summed E-state index contributed by atoms with van der Waals surface area (Å²) in [6.45, 7) is 0.888. The minimum Gasteiger partial charge on any atom is -0.356 e. The number of nitrogens with one attached hydrogen (secondary N) is 1. The SMILES string of the molecule is O=C1CCCN1.[B]C([B])c1ccc(F)nc1. The molecule has 1 aliphatic rings. The minimum absolute atomic E-state index is 0.204. The first-order chi connectivity index (χ1) is 7.59. The normalized spacial score (nSPS) is 14.2. The van der Waals surface area contributed by atoms with Crippen molar-refractivity contribution in [2.24, 2.45) is 0 Å². The Labute approximate surface area is 96.7 Å². The molecule has 1 aromatic rings. The molecule has 1 aromatic heterocycles. The molecule has 3 nitrogen and oxygen atoms in total. The van der Waals surface area contributed by atoms with Crippen LogP contribution < -0.4 is 5.32 Å². The summed E-state index contributed by atoms with van der Waals surface area (Å²) < 4.78 is 12.2. The van der Waals surface area contributed by atoms with Crippen LogP contribution in [-0.2, 0) is 4.79 Å². The van der Waals surface area contributed by atoms with Crippen molar-refractivity contribution in [3.05, 3.63) is 29.8 Å². The maximum Gasteiger partial charge on any atom is 0.220 e. The van der Waals surface area contributed by atoms with Crippen LogP contribution in [0.5, 0.6) is 0 Å². The van der Waals surface area contributed by atoms with Crippen molar-refractivity contribution in [3.63, 3.8) is 0 Å². The molecular formula is C10H11B2FN2O. The van der Waals surface area contributed by atoms with E-state index in [9.17, 15) is 9.18 Å². The summed E-state index contributed by atoms with van der Waals surface area (Å²) in [6, 6.07) is 2.73. The Hall–Kier alpha value is -1.32. The van der Waals surface area contributed by atoms with Gasteiger partial charge in [-0.2, -0.15) is 4.39 Å². The van der Waals surface area contributed by atoms with Crippen molar-refractivity contribution in [2.45, 2.75) is 18.6 Å². The molecule has 0 aromatic carbocycles. The molecule has 1 saturated heterocycles. The van der Waals surface area contributed by atoms with Gasteiger partial charge in [-0.05, 0) is 18.1 Å². The molecule has 2 heterocycles. The predicted molar refractivity (Wildman–Crippen MR) is 60.7 cm³/mol. The fraction of sp³-hybridized carbons (Fsp3) is 0.400. The van der Waals surface area contributed by atoms with Crippen LogP contribution in [0.1, 0.15) is 24.1 Å². The lowest BCUT2D eigenvalue weighted by Gasteiger charge is -2.02. The van der Waals surface area contributed by atoms with Crippen LogP contribution in [0, 0.1) is 5.95 Å². The lowest BCUT2D eigenvalue weighted by molar-refractivity contribution is -0.119. The molecule has 80 valence electrons. The van der Waals surface area contributed by atoms with Crippen molar-refractivity contribution in [1.82, 2.24) is 10.3 Å². The summed E-state index contributed by atoms with van der Waals surface area (Å²) >= 11 is 0. The van der Waals surface area contributed by atoms with Gasteiger partial charge in [0.2, 0.25) is 11.9 Å². The molecule has 2 rings (SSSR count).